The van der Waals surface area contributed by atoms with Crippen LogP contribution in [0.4, 0.5) is 0 Å². The van der Waals surface area contributed by atoms with E-state index in [9.17, 15) is 20.1 Å². The molecule has 0 aromatic heterocycles. The summed E-state index contributed by atoms with van der Waals surface area (Å²) in [5, 5.41) is 31.9. The second kappa shape index (κ2) is 8.73. The minimum absolute atomic E-state index is 0.0899. The van der Waals surface area contributed by atoms with E-state index in [0.717, 1.165) is 18.4 Å². The van der Waals surface area contributed by atoms with Gasteiger partial charge in [0.1, 0.15) is 22.8 Å². The van der Waals surface area contributed by atoms with Crippen molar-refractivity contribution < 1.29 is 20.1 Å². The molecule has 0 amide bonds. The predicted molar refractivity (Wildman–Crippen MR) is 115 cm³/mol. The van der Waals surface area contributed by atoms with Crippen LogP contribution in [0.3, 0.4) is 0 Å². The topological polar surface area (TPSA) is 77.8 Å². The number of aromatic hydroxyl groups is 3. The summed E-state index contributed by atoms with van der Waals surface area (Å²) < 4.78 is 0. The summed E-state index contributed by atoms with van der Waals surface area (Å²) >= 11 is 0. The lowest BCUT2D eigenvalue weighted by Crippen LogP contribution is -2.21. The number of phenolic OH excluding ortho intramolecular Hbond substituents is 3. The molecule has 0 radical (unpaired) electrons. The Kier molecular flexibility index (Phi) is 6.31. The van der Waals surface area contributed by atoms with E-state index >= 15 is 0 Å². The molecule has 0 bridgehead atoms. The van der Waals surface area contributed by atoms with Gasteiger partial charge in [0.2, 0.25) is 0 Å². The molecule has 4 heteroatoms. The Morgan fingerprint density at radius 1 is 1.10 bits per heavy atom. The Balaban J connectivity index is 1.97. The van der Waals surface area contributed by atoms with Crippen LogP contribution in [-0.4, -0.2) is 21.1 Å². The van der Waals surface area contributed by atoms with Crippen LogP contribution < -0.4 is 0 Å². The van der Waals surface area contributed by atoms with Crippen molar-refractivity contribution in [1.82, 2.24) is 0 Å². The molecule has 1 unspecified atom stereocenters. The Morgan fingerprint density at radius 3 is 2.45 bits per heavy atom. The van der Waals surface area contributed by atoms with Crippen LogP contribution in [0.15, 0.2) is 48.0 Å². The number of allylic oxidation sites excluding steroid dienone is 2. The molecule has 3 N–H and O–H groups in total. The first-order valence-corrected chi connectivity index (χ1v) is 10.3. The Bertz CT molecular complexity index is 912. The SMILES string of the molecule is CC1=C[C@@H](c2c(O)cc(O)c(C(=O)CCc3ccccc3)c2O)C(C(C)C)CC1. The molecule has 2 aromatic rings. The number of aryl methyl sites for hydroxylation is 1. The second-order valence-electron chi connectivity index (χ2n) is 8.45. The van der Waals surface area contributed by atoms with E-state index in [2.05, 4.69) is 19.9 Å². The predicted octanol–water partition coefficient (Wildman–Crippen LogP) is 5.71. The molecule has 0 saturated heterocycles. The number of phenols is 3. The number of carbonyl (C=O) groups excluding carboxylic acids is 1. The molecule has 2 atom stereocenters. The maximum atomic E-state index is 12.9. The van der Waals surface area contributed by atoms with Crippen molar-refractivity contribution >= 4 is 5.78 Å². The summed E-state index contributed by atoms with van der Waals surface area (Å²) in [6.07, 6.45) is 4.72. The monoisotopic (exact) mass is 394 g/mol. The number of Topliss-reactive ketones (excluding diaryl/α,β-unsaturated/α-hetero) is 1. The van der Waals surface area contributed by atoms with Gasteiger partial charge in [-0.15, -0.1) is 0 Å². The minimum atomic E-state index is -0.376. The third-order valence-corrected chi connectivity index (χ3v) is 6.05. The zero-order valence-electron chi connectivity index (χ0n) is 17.4. The minimum Gasteiger partial charge on any atom is -0.507 e. The number of benzene rings is 2. The number of rotatable bonds is 6. The van der Waals surface area contributed by atoms with E-state index < -0.39 is 0 Å². The summed E-state index contributed by atoms with van der Waals surface area (Å²) in [4.78, 5) is 12.9. The lowest BCUT2D eigenvalue weighted by atomic mass is 9.71. The Hall–Kier alpha value is -2.75. The van der Waals surface area contributed by atoms with E-state index in [-0.39, 0.29) is 46.9 Å². The van der Waals surface area contributed by atoms with Crippen molar-refractivity contribution in [3.8, 4) is 17.2 Å². The van der Waals surface area contributed by atoms with Crippen LogP contribution in [-0.2, 0) is 6.42 Å². The number of ketones is 1. The fourth-order valence-corrected chi connectivity index (χ4v) is 4.42. The van der Waals surface area contributed by atoms with Gasteiger partial charge in [-0.2, -0.15) is 0 Å². The van der Waals surface area contributed by atoms with Gasteiger partial charge in [-0.1, -0.05) is 55.8 Å². The molecule has 4 nitrogen and oxygen atoms in total. The molecule has 3 rings (SSSR count). The third-order valence-electron chi connectivity index (χ3n) is 6.05. The van der Waals surface area contributed by atoms with E-state index in [4.69, 9.17) is 0 Å². The van der Waals surface area contributed by atoms with Gasteiger partial charge in [0.15, 0.2) is 5.78 Å². The summed E-state index contributed by atoms with van der Waals surface area (Å²) in [6, 6.07) is 10.8. The number of hydrogen-bond acceptors (Lipinski definition) is 4. The van der Waals surface area contributed by atoms with Crippen molar-refractivity contribution in [3.05, 3.63) is 64.7 Å². The first-order valence-electron chi connectivity index (χ1n) is 10.3. The van der Waals surface area contributed by atoms with Gasteiger partial charge in [0, 0.05) is 24.0 Å². The van der Waals surface area contributed by atoms with Crippen molar-refractivity contribution in [2.75, 3.05) is 0 Å². The standard InChI is InChI=1S/C25H30O4/c1-15(2)18-11-9-16(3)13-19(18)23-21(27)14-22(28)24(25(23)29)20(26)12-10-17-7-5-4-6-8-17/h4-8,13-15,18-19,27-29H,9-12H2,1-3H3/t18?,19-/m1/s1. The number of carbonyl (C=O) groups is 1. The highest BCUT2D eigenvalue weighted by atomic mass is 16.3. The molecular formula is C25H30O4. The van der Waals surface area contributed by atoms with Crippen LogP contribution >= 0.6 is 0 Å². The van der Waals surface area contributed by atoms with Crippen LogP contribution in [0, 0.1) is 11.8 Å². The molecule has 1 aliphatic rings. The van der Waals surface area contributed by atoms with Gasteiger partial charge in [0.05, 0.1) is 0 Å². The van der Waals surface area contributed by atoms with Gasteiger partial charge in [-0.3, -0.25) is 4.79 Å². The molecule has 0 aliphatic heterocycles. The fourth-order valence-electron chi connectivity index (χ4n) is 4.42. The van der Waals surface area contributed by atoms with Gasteiger partial charge < -0.3 is 15.3 Å². The van der Waals surface area contributed by atoms with Crippen LogP contribution in [0.25, 0.3) is 0 Å². The van der Waals surface area contributed by atoms with Gasteiger partial charge in [0.25, 0.3) is 0 Å². The van der Waals surface area contributed by atoms with Crippen LogP contribution in [0.2, 0.25) is 0 Å². The van der Waals surface area contributed by atoms with Crippen molar-refractivity contribution in [2.24, 2.45) is 11.8 Å². The Labute approximate surface area is 172 Å². The smallest absolute Gasteiger partial charge is 0.170 e. The van der Waals surface area contributed by atoms with Crippen LogP contribution in [0.1, 0.15) is 67.4 Å². The molecule has 2 aromatic carbocycles. The lowest BCUT2D eigenvalue weighted by molar-refractivity contribution is 0.0977. The highest BCUT2D eigenvalue weighted by Gasteiger charge is 2.34. The summed E-state index contributed by atoms with van der Waals surface area (Å²) in [5.74, 6) is -0.753. The van der Waals surface area contributed by atoms with Crippen molar-refractivity contribution in [2.45, 2.75) is 52.4 Å². The largest absolute Gasteiger partial charge is 0.507 e. The maximum absolute atomic E-state index is 12.9. The molecule has 29 heavy (non-hydrogen) atoms. The van der Waals surface area contributed by atoms with E-state index in [0.29, 0.717) is 17.9 Å². The first kappa shape index (κ1) is 21.0. The quantitative estimate of drug-likeness (QED) is 0.433. The average Bonchev–Trinajstić information content (AvgIpc) is 2.66. The highest BCUT2D eigenvalue weighted by Crippen LogP contribution is 2.49. The molecule has 0 fully saturated rings. The maximum Gasteiger partial charge on any atom is 0.170 e. The highest BCUT2D eigenvalue weighted by molar-refractivity contribution is 6.02. The van der Waals surface area contributed by atoms with Gasteiger partial charge in [-0.25, -0.2) is 0 Å². The van der Waals surface area contributed by atoms with E-state index in [1.807, 2.05) is 37.3 Å². The summed E-state index contributed by atoms with van der Waals surface area (Å²) in [6.45, 7) is 6.31. The molecule has 0 spiro atoms. The lowest BCUT2D eigenvalue weighted by Gasteiger charge is -2.34. The zero-order valence-corrected chi connectivity index (χ0v) is 17.4. The summed E-state index contributed by atoms with van der Waals surface area (Å²) in [5.41, 5.74) is 2.48. The van der Waals surface area contributed by atoms with Crippen molar-refractivity contribution in [1.29, 1.82) is 0 Å². The Morgan fingerprint density at radius 2 is 1.79 bits per heavy atom. The molecule has 154 valence electrons. The van der Waals surface area contributed by atoms with Crippen molar-refractivity contribution in [3.63, 3.8) is 0 Å². The second-order valence-corrected chi connectivity index (χ2v) is 8.45. The molecule has 0 saturated carbocycles. The fraction of sp³-hybridized carbons (Fsp3) is 0.400. The first-order chi connectivity index (χ1) is 13.8. The van der Waals surface area contributed by atoms with E-state index in [1.54, 1.807) is 0 Å². The van der Waals surface area contributed by atoms with Gasteiger partial charge >= 0.3 is 0 Å². The normalized spacial score (nSPS) is 19.2. The summed E-state index contributed by atoms with van der Waals surface area (Å²) in [7, 11) is 0. The number of hydrogen-bond donors (Lipinski definition) is 3. The average molecular weight is 395 g/mol. The third kappa shape index (κ3) is 4.47. The zero-order chi connectivity index (χ0) is 21.1. The molecular weight excluding hydrogens is 364 g/mol. The van der Waals surface area contributed by atoms with Crippen LogP contribution in [0.5, 0.6) is 17.2 Å². The molecule has 1 aliphatic carbocycles. The van der Waals surface area contributed by atoms with E-state index in [1.165, 1.54) is 11.6 Å². The molecule has 0 heterocycles. The van der Waals surface area contributed by atoms with Gasteiger partial charge in [-0.05, 0) is 43.6 Å².